The molecule has 2 aromatic carbocycles. The molecule has 1 fully saturated rings. The molecule has 1 unspecified atom stereocenters. The van der Waals surface area contributed by atoms with E-state index in [9.17, 15) is 30.4 Å². The summed E-state index contributed by atoms with van der Waals surface area (Å²) >= 11 is 0. The molecule has 0 amide bonds. The summed E-state index contributed by atoms with van der Waals surface area (Å²) < 4.78 is 87.4. The first-order valence-corrected chi connectivity index (χ1v) is 9.93. The average Bonchev–Trinajstić information content (AvgIpc) is 3.10. The summed E-state index contributed by atoms with van der Waals surface area (Å²) in [6, 6.07) is 9.94. The average molecular weight is 420 g/mol. The topological polar surface area (TPSA) is 49.4 Å². The van der Waals surface area contributed by atoms with Crippen molar-refractivity contribution in [1.29, 1.82) is 0 Å². The Morgan fingerprint density at radius 3 is 2.29 bits per heavy atom. The van der Waals surface area contributed by atoms with E-state index in [1.54, 1.807) is 0 Å². The van der Waals surface area contributed by atoms with Gasteiger partial charge >= 0.3 is 11.9 Å². The first-order valence-electron chi connectivity index (χ1n) is 8.39. The van der Waals surface area contributed by atoms with Crippen molar-refractivity contribution in [3.8, 4) is 0 Å². The summed E-state index contributed by atoms with van der Waals surface area (Å²) in [6.45, 7) is 0.932. The molecule has 152 valence electrons. The lowest BCUT2D eigenvalue weighted by Gasteiger charge is -2.21. The third-order valence-corrected chi connectivity index (χ3v) is 5.97. The molecule has 1 aliphatic rings. The Labute approximate surface area is 158 Å². The van der Waals surface area contributed by atoms with Crippen LogP contribution in [0.3, 0.4) is 0 Å². The molecule has 28 heavy (non-hydrogen) atoms. The number of para-hydroxylation sites is 1. The Bertz CT molecular complexity index is 930. The van der Waals surface area contributed by atoms with Gasteiger partial charge in [0.1, 0.15) is 0 Å². The van der Waals surface area contributed by atoms with E-state index in [0.29, 0.717) is 25.2 Å². The highest BCUT2D eigenvalue weighted by molar-refractivity contribution is 7.91. The van der Waals surface area contributed by atoms with Crippen molar-refractivity contribution in [2.24, 2.45) is 0 Å². The highest BCUT2D eigenvalue weighted by Gasteiger charge is 2.32. The fourth-order valence-corrected chi connectivity index (χ4v) is 4.02. The van der Waals surface area contributed by atoms with Crippen molar-refractivity contribution in [1.82, 2.24) is 0 Å². The molecule has 1 atom stereocenters. The zero-order chi connectivity index (χ0) is 20.5. The van der Waals surface area contributed by atoms with Crippen molar-refractivity contribution in [2.45, 2.75) is 29.3 Å². The van der Waals surface area contributed by atoms with Crippen LogP contribution in [0.15, 0.2) is 53.4 Å². The van der Waals surface area contributed by atoms with Gasteiger partial charge in [-0.05, 0) is 42.8 Å². The maximum atomic E-state index is 12.9. The molecule has 0 bridgehead atoms. The lowest BCUT2D eigenvalue weighted by molar-refractivity contribution is -0.137. The van der Waals surface area contributed by atoms with Gasteiger partial charge in [-0.25, -0.2) is 8.42 Å². The molecule has 3 rings (SSSR count). The van der Waals surface area contributed by atoms with Gasteiger partial charge in [-0.15, -0.1) is 0 Å². The highest BCUT2D eigenvalue weighted by atomic mass is 32.2. The number of hydrogen-bond donors (Lipinski definition) is 1. The van der Waals surface area contributed by atoms with E-state index in [1.165, 1.54) is 30.3 Å². The summed E-state index contributed by atoms with van der Waals surface area (Å²) in [6.07, 6.45) is -3.84. The van der Waals surface area contributed by atoms with Crippen LogP contribution in [-0.2, 0) is 16.0 Å². The van der Waals surface area contributed by atoms with E-state index >= 15 is 0 Å². The van der Waals surface area contributed by atoms with Crippen molar-refractivity contribution in [2.75, 3.05) is 23.3 Å². The molecular weight excluding hydrogens is 403 g/mol. The van der Waals surface area contributed by atoms with E-state index in [-0.39, 0.29) is 11.7 Å². The van der Waals surface area contributed by atoms with Crippen LogP contribution in [-0.4, -0.2) is 33.3 Å². The third-order valence-electron chi connectivity index (χ3n) is 4.54. The zero-order valence-electron chi connectivity index (χ0n) is 14.5. The summed E-state index contributed by atoms with van der Waals surface area (Å²) in [5, 5.41) is 2.97. The molecule has 10 heteroatoms. The normalized spacial score (nSPS) is 17.9. The summed E-state index contributed by atoms with van der Waals surface area (Å²) in [5.74, 6) is -3.53. The molecule has 0 aromatic heterocycles. The third kappa shape index (κ3) is 4.21. The fraction of sp³-hybridized carbons (Fsp3) is 0.333. The minimum atomic E-state index is -4.75. The van der Waals surface area contributed by atoms with Crippen molar-refractivity contribution in [3.05, 3.63) is 54.1 Å². The molecule has 0 aliphatic carbocycles. The number of rotatable bonds is 5. The van der Waals surface area contributed by atoms with Gasteiger partial charge in [-0.1, -0.05) is 12.1 Å². The molecule has 1 heterocycles. The Hall–Kier alpha value is -2.36. The SMILES string of the molecule is O=S(=O)(c1ccccc1NC1CCN(c2ccc(C(F)(F)F)cc2)C1)C(F)F. The van der Waals surface area contributed by atoms with Gasteiger partial charge in [0.05, 0.1) is 16.1 Å². The standard InChI is InChI=1S/C18H17F5N2O2S/c19-17(20)28(26,27)16-4-2-1-3-15(16)24-13-9-10-25(11-13)14-7-5-12(6-8-14)18(21,22)23/h1-8,13,17,24H,9-11H2. The Balaban J connectivity index is 1.72. The van der Waals surface area contributed by atoms with Gasteiger partial charge in [-0.3, -0.25) is 0 Å². The first-order chi connectivity index (χ1) is 13.1. The second-order valence-electron chi connectivity index (χ2n) is 6.42. The number of benzene rings is 2. The maximum Gasteiger partial charge on any atom is 0.416 e. The van der Waals surface area contributed by atoms with Crippen molar-refractivity contribution < 1.29 is 30.4 Å². The van der Waals surface area contributed by atoms with E-state index in [0.717, 1.165) is 18.2 Å². The summed E-state index contributed by atoms with van der Waals surface area (Å²) in [5.41, 5.74) is -0.0517. The molecule has 0 radical (unpaired) electrons. The summed E-state index contributed by atoms with van der Waals surface area (Å²) in [7, 11) is -4.75. The molecule has 1 N–H and O–H groups in total. The predicted octanol–water partition coefficient (Wildman–Crippen LogP) is 4.39. The van der Waals surface area contributed by atoms with Crippen LogP contribution in [0.5, 0.6) is 0 Å². The van der Waals surface area contributed by atoms with Crippen molar-refractivity contribution in [3.63, 3.8) is 0 Å². The smallest absolute Gasteiger partial charge is 0.379 e. The van der Waals surface area contributed by atoms with Gasteiger partial charge in [0, 0.05) is 24.8 Å². The van der Waals surface area contributed by atoms with E-state index in [4.69, 9.17) is 0 Å². The monoisotopic (exact) mass is 420 g/mol. The van der Waals surface area contributed by atoms with Gasteiger partial charge in [0.25, 0.3) is 0 Å². The molecule has 0 spiro atoms. The van der Waals surface area contributed by atoms with Crippen LogP contribution in [0, 0.1) is 0 Å². The number of hydrogen-bond acceptors (Lipinski definition) is 4. The molecule has 2 aromatic rings. The van der Waals surface area contributed by atoms with E-state index in [1.807, 2.05) is 4.90 Å². The number of sulfone groups is 1. The predicted molar refractivity (Wildman–Crippen MR) is 95.3 cm³/mol. The number of nitrogens with one attached hydrogen (secondary N) is 1. The van der Waals surface area contributed by atoms with E-state index in [2.05, 4.69) is 5.32 Å². The second-order valence-corrected chi connectivity index (χ2v) is 8.31. The van der Waals surface area contributed by atoms with Crippen LogP contribution in [0.1, 0.15) is 12.0 Å². The maximum absolute atomic E-state index is 12.9. The van der Waals surface area contributed by atoms with Crippen LogP contribution < -0.4 is 10.2 Å². The minimum absolute atomic E-state index is 0.0852. The second kappa shape index (κ2) is 7.57. The van der Waals surface area contributed by atoms with Gasteiger partial charge in [0.2, 0.25) is 9.84 Å². The Morgan fingerprint density at radius 1 is 1.04 bits per heavy atom. The summed E-state index contributed by atoms with van der Waals surface area (Å²) in [4.78, 5) is 1.38. The van der Waals surface area contributed by atoms with Crippen molar-refractivity contribution >= 4 is 21.2 Å². The number of halogens is 5. The van der Waals surface area contributed by atoms with Crippen LogP contribution in [0.25, 0.3) is 0 Å². The Morgan fingerprint density at radius 2 is 1.68 bits per heavy atom. The van der Waals surface area contributed by atoms with Crippen LogP contribution in [0.4, 0.5) is 33.3 Å². The van der Waals surface area contributed by atoms with Crippen LogP contribution in [0.2, 0.25) is 0 Å². The fourth-order valence-electron chi connectivity index (χ4n) is 3.12. The molecule has 0 saturated carbocycles. The number of anilines is 2. The minimum Gasteiger partial charge on any atom is -0.379 e. The zero-order valence-corrected chi connectivity index (χ0v) is 15.3. The molecule has 1 saturated heterocycles. The van der Waals surface area contributed by atoms with E-state index < -0.39 is 32.2 Å². The lowest BCUT2D eigenvalue weighted by atomic mass is 10.2. The molecular formula is C18H17F5N2O2S. The lowest BCUT2D eigenvalue weighted by Crippen LogP contribution is -2.27. The number of nitrogens with zero attached hydrogens (tertiary/aromatic N) is 1. The molecule has 4 nitrogen and oxygen atoms in total. The largest absolute Gasteiger partial charge is 0.416 e. The van der Waals surface area contributed by atoms with Gasteiger partial charge in [0.15, 0.2) is 0 Å². The van der Waals surface area contributed by atoms with Crippen LogP contribution >= 0.6 is 0 Å². The molecule has 1 aliphatic heterocycles. The first kappa shape index (κ1) is 20.4. The van der Waals surface area contributed by atoms with Gasteiger partial charge in [-0.2, -0.15) is 22.0 Å². The number of alkyl halides is 5. The Kier molecular flexibility index (Phi) is 5.51. The quantitative estimate of drug-likeness (QED) is 0.729. The highest BCUT2D eigenvalue weighted by Crippen LogP contribution is 2.32. The van der Waals surface area contributed by atoms with Gasteiger partial charge < -0.3 is 10.2 Å².